The first-order valence-electron chi connectivity index (χ1n) is 9.52. The number of pyridine rings is 1. The van der Waals surface area contributed by atoms with Crippen molar-refractivity contribution in [2.45, 2.75) is 19.0 Å². The van der Waals surface area contributed by atoms with Crippen LogP contribution in [0.2, 0.25) is 0 Å². The zero-order chi connectivity index (χ0) is 21.3. The van der Waals surface area contributed by atoms with Gasteiger partial charge in [-0.05, 0) is 35.9 Å². The normalized spacial score (nSPS) is 11.4. The monoisotopic (exact) mass is 404 g/mol. The number of anilines is 1. The van der Waals surface area contributed by atoms with Gasteiger partial charge in [-0.1, -0.05) is 30.3 Å². The van der Waals surface area contributed by atoms with Crippen LogP contribution in [0.1, 0.15) is 33.9 Å². The number of nitrogens with one attached hydrogen (secondary N) is 2. The molecule has 1 heterocycles. The Bertz CT molecular complexity index is 991. The van der Waals surface area contributed by atoms with Crippen molar-refractivity contribution in [3.63, 3.8) is 0 Å². The Balaban J connectivity index is 1.53. The summed E-state index contributed by atoms with van der Waals surface area (Å²) in [5.41, 5.74) is 9.03. The lowest BCUT2D eigenvalue weighted by Crippen LogP contribution is -2.27. The van der Waals surface area contributed by atoms with E-state index in [9.17, 15) is 9.59 Å². The molecule has 0 aliphatic rings. The maximum atomic E-state index is 12.3. The number of hydrogen-bond acceptors (Lipinski definition) is 5. The Labute approximate surface area is 175 Å². The molecule has 0 saturated heterocycles. The first-order valence-corrected chi connectivity index (χ1v) is 9.52. The van der Waals surface area contributed by atoms with Crippen LogP contribution in [0.3, 0.4) is 0 Å². The number of rotatable bonds is 8. The van der Waals surface area contributed by atoms with E-state index in [1.807, 2.05) is 24.3 Å². The van der Waals surface area contributed by atoms with Crippen LogP contribution in [0.15, 0.2) is 73.1 Å². The largest absolute Gasteiger partial charge is 0.496 e. The molecule has 0 bridgehead atoms. The molecule has 1 aromatic heterocycles. The van der Waals surface area contributed by atoms with Crippen molar-refractivity contribution in [1.82, 2.24) is 10.3 Å². The molecule has 0 saturated carbocycles. The third kappa shape index (κ3) is 5.65. The third-order valence-electron chi connectivity index (χ3n) is 4.61. The molecule has 3 aromatic rings. The summed E-state index contributed by atoms with van der Waals surface area (Å²) >= 11 is 0. The highest BCUT2D eigenvalue weighted by Crippen LogP contribution is 2.18. The second kappa shape index (κ2) is 10.2. The molecule has 1 unspecified atom stereocenters. The van der Waals surface area contributed by atoms with E-state index in [-0.39, 0.29) is 18.2 Å². The van der Waals surface area contributed by atoms with E-state index >= 15 is 0 Å². The van der Waals surface area contributed by atoms with E-state index in [4.69, 9.17) is 10.5 Å². The fourth-order valence-electron chi connectivity index (χ4n) is 2.95. The maximum Gasteiger partial charge on any atom is 0.255 e. The molecule has 3 rings (SSSR count). The van der Waals surface area contributed by atoms with Gasteiger partial charge in [-0.3, -0.25) is 14.6 Å². The third-order valence-corrected chi connectivity index (χ3v) is 4.61. The van der Waals surface area contributed by atoms with Crippen molar-refractivity contribution < 1.29 is 14.3 Å². The average molecular weight is 404 g/mol. The van der Waals surface area contributed by atoms with Gasteiger partial charge >= 0.3 is 0 Å². The van der Waals surface area contributed by atoms with Crippen LogP contribution in [0.5, 0.6) is 5.75 Å². The molecule has 7 nitrogen and oxygen atoms in total. The van der Waals surface area contributed by atoms with Crippen LogP contribution in [-0.2, 0) is 11.3 Å². The average Bonchev–Trinajstić information content (AvgIpc) is 2.78. The van der Waals surface area contributed by atoms with Crippen LogP contribution in [0.25, 0.3) is 0 Å². The Morgan fingerprint density at radius 2 is 1.73 bits per heavy atom. The highest BCUT2D eigenvalue weighted by molar-refractivity contribution is 6.04. The zero-order valence-electron chi connectivity index (χ0n) is 16.7. The highest BCUT2D eigenvalue weighted by atomic mass is 16.5. The molecular formula is C23H24N4O3. The number of methoxy groups -OCH3 is 1. The number of para-hydroxylation sites is 1. The quantitative estimate of drug-likeness (QED) is 0.535. The minimum atomic E-state index is -0.472. The number of amides is 2. The number of nitrogens with zero attached hydrogens (tertiary/aromatic N) is 1. The number of carbonyl (C=O) groups excluding carboxylic acids is 2. The fourth-order valence-corrected chi connectivity index (χ4v) is 2.95. The first kappa shape index (κ1) is 21.0. The van der Waals surface area contributed by atoms with Crippen molar-refractivity contribution in [3.05, 3.63) is 89.7 Å². The second-order valence-corrected chi connectivity index (χ2v) is 6.71. The number of nitrogens with two attached hydrogens (primary N) is 1. The lowest BCUT2D eigenvalue weighted by molar-refractivity contribution is -0.121. The Hall–Kier alpha value is -3.71. The van der Waals surface area contributed by atoms with Gasteiger partial charge in [-0.15, -0.1) is 0 Å². The molecule has 2 amide bonds. The van der Waals surface area contributed by atoms with E-state index in [0.717, 1.165) is 16.9 Å². The summed E-state index contributed by atoms with van der Waals surface area (Å²) in [5, 5.41) is 5.66. The number of hydrogen-bond donors (Lipinski definition) is 3. The van der Waals surface area contributed by atoms with Gasteiger partial charge in [0.1, 0.15) is 5.75 Å². The molecule has 0 aliphatic carbocycles. The Morgan fingerprint density at radius 1 is 1.03 bits per heavy atom. The van der Waals surface area contributed by atoms with Crippen LogP contribution >= 0.6 is 0 Å². The van der Waals surface area contributed by atoms with Crippen LogP contribution in [0, 0.1) is 0 Å². The number of aromatic nitrogens is 1. The SMILES string of the molecule is COc1ccccc1CNC(=O)CC(N)c1ccc(C(=O)Nc2ccncc2)cc1. The molecule has 1 atom stereocenters. The van der Waals surface area contributed by atoms with E-state index in [0.29, 0.717) is 17.8 Å². The lowest BCUT2D eigenvalue weighted by atomic mass is 10.0. The second-order valence-electron chi connectivity index (χ2n) is 6.71. The summed E-state index contributed by atoms with van der Waals surface area (Å²) in [7, 11) is 1.59. The van der Waals surface area contributed by atoms with Crippen LogP contribution in [0.4, 0.5) is 5.69 Å². The molecule has 0 radical (unpaired) electrons. The van der Waals surface area contributed by atoms with E-state index < -0.39 is 6.04 Å². The van der Waals surface area contributed by atoms with Gasteiger partial charge in [0, 0.05) is 48.2 Å². The predicted octanol–water partition coefficient (Wildman–Crippen LogP) is 3.05. The highest BCUT2D eigenvalue weighted by Gasteiger charge is 2.13. The van der Waals surface area contributed by atoms with Gasteiger partial charge in [0.2, 0.25) is 5.91 Å². The van der Waals surface area contributed by atoms with Crippen molar-refractivity contribution >= 4 is 17.5 Å². The molecule has 0 aliphatic heterocycles. The fraction of sp³-hybridized carbons (Fsp3) is 0.174. The minimum absolute atomic E-state index is 0.137. The molecule has 0 fully saturated rings. The van der Waals surface area contributed by atoms with E-state index in [1.165, 1.54) is 0 Å². The molecule has 2 aromatic carbocycles. The smallest absolute Gasteiger partial charge is 0.255 e. The van der Waals surface area contributed by atoms with Crippen LogP contribution < -0.4 is 21.1 Å². The van der Waals surface area contributed by atoms with Gasteiger partial charge in [0.15, 0.2) is 0 Å². The molecule has 0 spiro atoms. The zero-order valence-corrected chi connectivity index (χ0v) is 16.7. The van der Waals surface area contributed by atoms with Gasteiger partial charge in [-0.2, -0.15) is 0 Å². The van der Waals surface area contributed by atoms with Crippen LogP contribution in [-0.4, -0.2) is 23.9 Å². The summed E-state index contributed by atoms with van der Waals surface area (Å²) in [6.07, 6.45) is 3.35. The van der Waals surface area contributed by atoms with E-state index in [1.54, 1.807) is 55.9 Å². The predicted molar refractivity (Wildman–Crippen MR) is 115 cm³/mol. The minimum Gasteiger partial charge on any atom is -0.496 e. The lowest BCUT2D eigenvalue weighted by Gasteiger charge is -2.14. The Kier molecular flexibility index (Phi) is 7.13. The topological polar surface area (TPSA) is 106 Å². The van der Waals surface area contributed by atoms with Gasteiger partial charge in [0.05, 0.1) is 7.11 Å². The standard InChI is InChI=1S/C23H24N4O3/c1-30-21-5-3-2-4-18(21)15-26-22(28)14-20(24)16-6-8-17(9-7-16)23(29)27-19-10-12-25-13-11-19/h2-13,20H,14-15,24H2,1H3,(H,26,28)(H,25,27,29). The summed E-state index contributed by atoms with van der Waals surface area (Å²) in [4.78, 5) is 28.5. The summed E-state index contributed by atoms with van der Waals surface area (Å²) in [5.74, 6) is 0.339. The van der Waals surface area contributed by atoms with Gasteiger partial charge in [0.25, 0.3) is 5.91 Å². The van der Waals surface area contributed by atoms with Crippen molar-refractivity contribution in [2.75, 3.05) is 12.4 Å². The Morgan fingerprint density at radius 3 is 2.43 bits per heavy atom. The maximum absolute atomic E-state index is 12.3. The number of ether oxygens (including phenoxy) is 1. The van der Waals surface area contributed by atoms with E-state index in [2.05, 4.69) is 15.6 Å². The summed E-state index contributed by atoms with van der Waals surface area (Å²) in [6.45, 7) is 0.365. The van der Waals surface area contributed by atoms with Gasteiger partial charge in [-0.25, -0.2) is 0 Å². The number of benzene rings is 2. The molecule has 30 heavy (non-hydrogen) atoms. The number of carbonyl (C=O) groups is 2. The summed E-state index contributed by atoms with van der Waals surface area (Å²) < 4.78 is 5.28. The van der Waals surface area contributed by atoms with Crippen molar-refractivity contribution in [2.24, 2.45) is 5.73 Å². The van der Waals surface area contributed by atoms with Crippen molar-refractivity contribution in [3.8, 4) is 5.75 Å². The first-order chi connectivity index (χ1) is 14.6. The molecule has 4 N–H and O–H groups in total. The van der Waals surface area contributed by atoms with Crippen molar-refractivity contribution in [1.29, 1.82) is 0 Å². The molecule has 154 valence electrons. The summed E-state index contributed by atoms with van der Waals surface area (Å²) in [6, 6.07) is 17.4. The van der Waals surface area contributed by atoms with Gasteiger partial charge < -0.3 is 21.1 Å². The molecular weight excluding hydrogens is 380 g/mol. The molecule has 7 heteroatoms.